The van der Waals surface area contributed by atoms with Crippen LogP contribution in [0, 0.1) is 0 Å². The molecule has 0 atom stereocenters. The Hall–Kier alpha value is -4.46. The second-order valence-corrected chi connectivity index (χ2v) is 7.43. The number of nitrogens with zero attached hydrogens (tertiary/aromatic N) is 4. The van der Waals surface area contributed by atoms with Gasteiger partial charge in [0.05, 0.1) is 12.8 Å². The van der Waals surface area contributed by atoms with Gasteiger partial charge in [-0.3, -0.25) is 0 Å². The number of hydrogen-bond acceptors (Lipinski definition) is 8. The van der Waals surface area contributed by atoms with Gasteiger partial charge < -0.3 is 15.4 Å². The molecule has 8 heteroatoms. The van der Waals surface area contributed by atoms with Crippen LogP contribution >= 0.6 is 0 Å². The van der Waals surface area contributed by atoms with E-state index in [1.54, 1.807) is 6.21 Å². The molecule has 0 aliphatic heterocycles. The Labute approximate surface area is 199 Å². The van der Waals surface area contributed by atoms with Gasteiger partial charge in [0.2, 0.25) is 17.8 Å². The highest BCUT2D eigenvalue weighted by Gasteiger charge is 2.07. The monoisotopic (exact) mass is 453 g/mol. The van der Waals surface area contributed by atoms with Crippen LogP contribution in [0.3, 0.4) is 0 Å². The zero-order chi connectivity index (χ0) is 23.4. The van der Waals surface area contributed by atoms with Crippen molar-refractivity contribution >= 4 is 35.4 Å². The molecule has 0 saturated carbocycles. The van der Waals surface area contributed by atoms with E-state index in [2.05, 4.69) is 43.0 Å². The van der Waals surface area contributed by atoms with Crippen molar-refractivity contribution in [3.05, 3.63) is 90.5 Å². The topological polar surface area (TPSA) is 96.4 Å². The minimum atomic E-state index is 0.308. The number of para-hydroxylation sites is 2. The highest BCUT2D eigenvalue weighted by molar-refractivity contribution is 5.80. The first-order valence-electron chi connectivity index (χ1n) is 11.2. The smallest absolute Gasteiger partial charge is 0.250 e. The SMILES string of the molecule is CCCCOc1ccc(/C=N/Nc2nc(Nc3ccccc3)nc(Nc3ccccc3)n2)cc1. The minimum absolute atomic E-state index is 0.308. The van der Waals surface area contributed by atoms with Crippen LogP contribution < -0.4 is 20.8 Å². The Kier molecular flexibility index (Phi) is 7.99. The van der Waals surface area contributed by atoms with Crippen molar-refractivity contribution in [2.45, 2.75) is 19.8 Å². The maximum absolute atomic E-state index is 5.70. The van der Waals surface area contributed by atoms with Gasteiger partial charge in [-0.25, -0.2) is 5.43 Å². The maximum atomic E-state index is 5.70. The fourth-order valence-electron chi connectivity index (χ4n) is 2.99. The Morgan fingerprint density at radius 1 is 0.735 bits per heavy atom. The Morgan fingerprint density at radius 2 is 1.29 bits per heavy atom. The van der Waals surface area contributed by atoms with Crippen LogP contribution in [0.1, 0.15) is 25.3 Å². The van der Waals surface area contributed by atoms with Gasteiger partial charge >= 0.3 is 0 Å². The summed E-state index contributed by atoms with van der Waals surface area (Å²) in [5.41, 5.74) is 5.56. The molecule has 4 rings (SSSR count). The zero-order valence-corrected chi connectivity index (χ0v) is 19.0. The Bertz CT molecular complexity index is 1120. The van der Waals surface area contributed by atoms with Crippen molar-refractivity contribution in [2.24, 2.45) is 5.10 Å². The van der Waals surface area contributed by atoms with E-state index in [0.717, 1.165) is 42.1 Å². The Balaban J connectivity index is 1.47. The third kappa shape index (κ3) is 7.03. The molecule has 1 heterocycles. The van der Waals surface area contributed by atoms with Crippen molar-refractivity contribution in [1.29, 1.82) is 0 Å². The average molecular weight is 454 g/mol. The van der Waals surface area contributed by atoms with E-state index in [0.29, 0.717) is 17.8 Å². The van der Waals surface area contributed by atoms with Crippen molar-refractivity contribution in [3.63, 3.8) is 0 Å². The van der Waals surface area contributed by atoms with Crippen molar-refractivity contribution < 1.29 is 4.74 Å². The molecule has 3 N–H and O–H groups in total. The van der Waals surface area contributed by atoms with Gasteiger partial charge in [0.15, 0.2) is 0 Å². The largest absolute Gasteiger partial charge is 0.494 e. The van der Waals surface area contributed by atoms with Crippen molar-refractivity contribution in [2.75, 3.05) is 22.7 Å². The van der Waals surface area contributed by atoms with Crippen LogP contribution in [-0.4, -0.2) is 27.8 Å². The predicted molar refractivity (Wildman–Crippen MR) is 137 cm³/mol. The fourth-order valence-corrected chi connectivity index (χ4v) is 2.99. The number of aromatic nitrogens is 3. The third-order valence-electron chi connectivity index (χ3n) is 4.72. The van der Waals surface area contributed by atoms with Crippen LogP contribution in [0.5, 0.6) is 5.75 Å². The molecule has 172 valence electrons. The second kappa shape index (κ2) is 12.0. The van der Waals surface area contributed by atoms with Crippen LogP contribution in [-0.2, 0) is 0 Å². The molecule has 0 unspecified atom stereocenters. The summed E-state index contributed by atoms with van der Waals surface area (Å²) >= 11 is 0. The molecule has 0 saturated heterocycles. The van der Waals surface area contributed by atoms with Gasteiger partial charge in [-0.15, -0.1) is 0 Å². The molecule has 0 bridgehead atoms. The lowest BCUT2D eigenvalue weighted by molar-refractivity contribution is 0.309. The normalized spacial score (nSPS) is 10.7. The van der Waals surface area contributed by atoms with Gasteiger partial charge in [0.1, 0.15) is 5.75 Å². The summed E-state index contributed by atoms with van der Waals surface area (Å²) in [5, 5.41) is 10.7. The molecule has 4 aromatic rings. The lowest BCUT2D eigenvalue weighted by Gasteiger charge is -2.10. The highest BCUT2D eigenvalue weighted by Crippen LogP contribution is 2.18. The molecule has 3 aromatic carbocycles. The number of nitrogens with one attached hydrogen (secondary N) is 3. The lowest BCUT2D eigenvalue weighted by Crippen LogP contribution is -2.07. The van der Waals surface area contributed by atoms with Crippen LogP contribution in [0.15, 0.2) is 90.0 Å². The van der Waals surface area contributed by atoms with E-state index < -0.39 is 0 Å². The number of anilines is 5. The molecule has 0 amide bonds. The summed E-state index contributed by atoms with van der Waals surface area (Å²) in [5.74, 6) is 1.95. The van der Waals surface area contributed by atoms with E-state index in [1.807, 2.05) is 84.9 Å². The molecule has 0 spiro atoms. The van der Waals surface area contributed by atoms with Crippen LogP contribution in [0.2, 0.25) is 0 Å². The molecule has 34 heavy (non-hydrogen) atoms. The molecular weight excluding hydrogens is 426 g/mol. The van der Waals surface area contributed by atoms with Crippen LogP contribution in [0.25, 0.3) is 0 Å². The first-order chi connectivity index (χ1) is 16.8. The summed E-state index contributed by atoms with van der Waals surface area (Å²) in [7, 11) is 0. The Morgan fingerprint density at radius 3 is 1.85 bits per heavy atom. The maximum Gasteiger partial charge on any atom is 0.250 e. The molecule has 0 aliphatic rings. The number of unbranched alkanes of at least 4 members (excludes halogenated alkanes) is 1. The third-order valence-corrected chi connectivity index (χ3v) is 4.72. The molecule has 0 fully saturated rings. The molecule has 8 nitrogen and oxygen atoms in total. The van der Waals surface area contributed by atoms with Gasteiger partial charge in [-0.05, 0) is 60.5 Å². The van der Waals surface area contributed by atoms with Gasteiger partial charge in [-0.2, -0.15) is 20.1 Å². The van der Waals surface area contributed by atoms with Crippen molar-refractivity contribution in [3.8, 4) is 5.75 Å². The van der Waals surface area contributed by atoms with E-state index in [1.165, 1.54) is 0 Å². The average Bonchev–Trinajstić information content (AvgIpc) is 2.86. The van der Waals surface area contributed by atoms with E-state index >= 15 is 0 Å². The number of benzene rings is 3. The molecule has 1 aromatic heterocycles. The second-order valence-electron chi connectivity index (χ2n) is 7.43. The summed E-state index contributed by atoms with van der Waals surface area (Å²) in [4.78, 5) is 13.4. The van der Waals surface area contributed by atoms with Crippen molar-refractivity contribution in [1.82, 2.24) is 15.0 Å². The summed E-state index contributed by atoms with van der Waals surface area (Å²) < 4.78 is 5.70. The molecule has 0 radical (unpaired) electrons. The van der Waals surface area contributed by atoms with Crippen LogP contribution in [0.4, 0.5) is 29.2 Å². The summed E-state index contributed by atoms with van der Waals surface area (Å²) in [6, 6.07) is 27.2. The zero-order valence-electron chi connectivity index (χ0n) is 19.0. The minimum Gasteiger partial charge on any atom is -0.494 e. The predicted octanol–water partition coefficient (Wildman–Crippen LogP) is 5.98. The standard InChI is InChI=1S/C26H27N7O/c1-2-3-18-34-23-16-14-20(15-17-23)19-27-33-26-31-24(28-21-10-6-4-7-11-21)30-25(32-26)29-22-12-8-5-9-13-22/h4-17,19H,2-3,18H2,1H3,(H3,28,29,30,31,32,33)/b27-19+. The van der Waals surface area contributed by atoms with E-state index in [4.69, 9.17) is 4.74 Å². The van der Waals surface area contributed by atoms with Gasteiger partial charge in [0, 0.05) is 11.4 Å². The van der Waals surface area contributed by atoms with E-state index in [-0.39, 0.29) is 0 Å². The molecule has 0 aliphatic carbocycles. The molecular formula is C26H27N7O. The lowest BCUT2D eigenvalue weighted by atomic mass is 10.2. The first-order valence-corrected chi connectivity index (χ1v) is 11.2. The first kappa shape index (κ1) is 22.7. The number of hydrogen-bond donors (Lipinski definition) is 3. The van der Waals surface area contributed by atoms with E-state index in [9.17, 15) is 0 Å². The summed E-state index contributed by atoms with van der Waals surface area (Å²) in [6.45, 7) is 2.87. The van der Waals surface area contributed by atoms with Gasteiger partial charge in [0.25, 0.3) is 0 Å². The highest BCUT2D eigenvalue weighted by atomic mass is 16.5. The fraction of sp³-hybridized carbons (Fsp3) is 0.154. The number of hydrazone groups is 1. The number of rotatable bonds is 11. The quantitative estimate of drug-likeness (QED) is 0.146. The van der Waals surface area contributed by atoms with Gasteiger partial charge in [-0.1, -0.05) is 49.7 Å². The summed E-state index contributed by atoms with van der Waals surface area (Å²) in [6.07, 6.45) is 3.86. The number of ether oxygens (including phenoxy) is 1.